The van der Waals surface area contributed by atoms with E-state index in [0.717, 1.165) is 0 Å². The molecular formula is C22H28FIN2O5S. The maximum absolute atomic E-state index is 14.2. The van der Waals surface area contributed by atoms with Crippen molar-refractivity contribution in [2.45, 2.75) is 42.4 Å². The molecule has 2 atom stereocenters. The highest BCUT2D eigenvalue weighted by Crippen LogP contribution is 2.35. The van der Waals surface area contributed by atoms with Gasteiger partial charge in [-0.3, -0.25) is 9.52 Å². The van der Waals surface area contributed by atoms with E-state index < -0.39 is 19.8 Å². The number of ether oxygens (including phenoxy) is 2. The van der Waals surface area contributed by atoms with Gasteiger partial charge in [0.05, 0.1) is 6.61 Å². The molecular weight excluding hydrogens is 550 g/mol. The molecule has 0 aliphatic heterocycles. The van der Waals surface area contributed by atoms with Gasteiger partial charge in [0.2, 0.25) is 0 Å². The lowest BCUT2D eigenvalue weighted by atomic mass is 10.1. The van der Waals surface area contributed by atoms with E-state index in [-0.39, 0.29) is 34.8 Å². The minimum Gasteiger partial charge on any atom is -0.492 e. The number of benzene rings is 2. The van der Waals surface area contributed by atoms with Crippen molar-refractivity contribution in [2.24, 2.45) is 5.92 Å². The SMILES string of the molecule is CCOc1cc(NC(=O)[C@@H](OC)C(C)C)ccc1S(=O)(=O)Nc1cccc(C(C)(F)I)c1. The second kappa shape index (κ2) is 10.8. The third-order valence-corrected chi connectivity index (χ3v) is 6.58. The molecule has 2 rings (SSSR count). The fraction of sp³-hybridized carbons (Fsp3) is 0.409. The van der Waals surface area contributed by atoms with E-state index in [9.17, 15) is 17.6 Å². The predicted octanol–water partition coefficient (Wildman–Crippen LogP) is 5.07. The Hall–Kier alpha value is -1.92. The maximum Gasteiger partial charge on any atom is 0.265 e. The molecule has 0 heterocycles. The molecule has 7 nitrogen and oxygen atoms in total. The molecule has 10 heteroatoms. The van der Waals surface area contributed by atoms with Gasteiger partial charge in [0, 0.05) is 30.1 Å². The monoisotopic (exact) mass is 578 g/mol. The third kappa shape index (κ3) is 6.79. The highest BCUT2D eigenvalue weighted by atomic mass is 127. The number of anilines is 2. The van der Waals surface area contributed by atoms with Crippen molar-refractivity contribution in [3.8, 4) is 5.75 Å². The molecule has 0 fully saturated rings. The molecule has 0 aliphatic rings. The molecule has 2 N–H and O–H groups in total. The lowest BCUT2D eigenvalue weighted by molar-refractivity contribution is -0.128. The highest BCUT2D eigenvalue weighted by Gasteiger charge is 2.25. The van der Waals surface area contributed by atoms with E-state index in [2.05, 4.69) is 10.0 Å². The van der Waals surface area contributed by atoms with Gasteiger partial charge in [-0.2, -0.15) is 0 Å². The summed E-state index contributed by atoms with van der Waals surface area (Å²) in [5.41, 5.74) is 0.933. The largest absolute Gasteiger partial charge is 0.492 e. The topological polar surface area (TPSA) is 93.7 Å². The number of rotatable bonds is 10. The second-order valence-corrected chi connectivity index (χ2v) is 11.2. The van der Waals surface area contributed by atoms with Gasteiger partial charge in [-0.25, -0.2) is 12.8 Å². The van der Waals surface area contributed by atoms with Crippen molar-refractivity contribution in [3.63, 3.8) is 0 Å². The zero-order valence-corrected chi connectivity index (χ0v) is 21.6. The van der Waals surface area contributed by atoms with Gasteiger partial charge in [-0.15, -0.1) is 0 Å². The fourth-order valence-electron chi connectivity index (χ4n) is 3.04. The van der Waals surface area contributed by atoms with Gasteiger partial charge >= 0.3 is 0 Å². The smallest absolute Gasteiger partial charge is 0.265 e. The van der Waals surface area contributed by atoms with E-state index in [1.807, 2.05) is 13.8 Å². The molecule has 0 bridgehead atoms. The van der Waals surface area contributed by atoms with Crippen LogP contribution < -0.4 is 14.8 Å². The molecule has 32 heavy (non-hydrogen) atoms. The van der Waals surface area contributed by atoms with Crippen LogP contribution in [0.5, 0.6) is 5.75 Å². The van der Waals surface area contributed by atoms with Crippen LogP contribution in [0.15, 0.2) is 47.4 Å². The van der Waals surface area contributed by atoms with Gasteiger partial charge < -0.3 is 14.8 Å². The quantitative estimate of drug-likeness (QED) is 0.303. The van der Waals surface area contributed by atoms with Crippen LogP contribution in [0.2, 0.25) is 0 Å². The Kier molecular flexibility index (Phi) is 8.89. The summed E-state index contributed by atoms with van der Waals surface area (Å²) in [6.07, 6.45) is -0.651. The Bertz CT molecular complexity index is 1050. The Morgan fingerprint density at radius 1 is 1.19 bits per heavy atom. The number of hydrogen-bond donors (Lipinski definition) is 2. The van der Waals surface area contributed by atoms with Crippen molar-refractivity contribution in [3.05, 3.63) is 48.0 Å². The molecule has 1 unspecified atom stereocenters. The Labute approximate surface area is 202 Å². The number of alkyl halides is 2. The van der Waals surface area contributed by atoms with E-state index >= 15 is 0 Å². The van der Waals surface area contributed by atoms with Crippen molar-refractivity contribution in [1.29, 1.82) is 0 Å². The molecule has 0 saturated carbocycles. The minimum atomic E-state index is -4.05. The summed E-state index contributed by atoms with van der Waals surface area (Å²) < 4.78 is 51.9. The third-order valence-electron chi connectivity index (χ3n) is 4.54. The van der Waals surface area contributed by atoms with Gasteiger partial charge in [0.15, 0.2) is 3.68 Å². The van der Waals surface area contributed by atoms with Gasteiger partial charge in [0.25, 0.3) is 15.9 Å². The van der Waals surface area contributed by atoms with Crippen LogP contribution in [0.25, 0.3) is 0 Å². The van der Waals surface area contributed by atoms with Crippen molar-refractivity contribution >= 4 is 49.9 Å². The normalized spacial score (nSPS) is 14.5. The first-order valence-corrected chi connectivity index (χ1v) is 12.6. The summed E-state index contributed by atoms with van der Waals surface area (Å²) in [4.78, 5) is 12.3. The standard InChI is InChI=1S/C22H28FIN2O5S/c1-6-31-18-13-16(25-21(27)20(30-5)14(2)3)10-11-19(18)32(28,29)26-17-9-7-8-15(12-17)22(4,23)24/h7-14,20,26H,6H2,1-5H3,(H,25,27)/t20-,22?/m0/s1. The maximum atomic E-state index is 14.2. The zero-order valence-electron chi connectivity index (χ0n) is 18.6. The van der Waals surface area contributed by atoms with Crippen LogP contribution in [0.3, 0.4) is 0 Å². The lowest BCUT2D eigenvalue weighted by Crippen LogP contribution is -2.33. The van der Waals surface area contributed by atoms with Gasteiger partial charge in [-0.05, 0) is 66.6 Å². The Morgan fingerprint density at radius 2 is 1.88 bits per heavy atom. The van der Waals surface area contributed by atoms with Crippen molar-refractivity contribution in [2.75, 3.05) is 23.8 Å². The van der Waals surface area contributed by atoms with Crippen LogP contribution in [-0.4, -0.2) is 34.1 Å². The molecule has 176 valence electrons. The van der Waals surface area contributed by atoms with Gasteiger partial charge in [-0.1, -0.05) is 26.0 Å². The molecule has 0 saturated heterocycles. The van der Waals surface area contributed by atoms with Crippen LogP contribution in [0, 0.1) is 5.92 Å². The highest BCUT2D eigenvalue weighted by molar-refractivity contribution is 14.1. The molecule has 0 radical (unpaired) electrons. The summed E-state index contributed by atoms with van der Waals surface area (Å²) >= 11 is 1.64. The average molecular weight is 578 g/mol. The second-order valence-electron chi connectivity index (χ2n) is 7.56. The predicted molar refractivity (Wildman–Crippen MR) is 132 cm³/mol. The van der Waals surface area contributed by atoms with Crippen LogP contribution in [0.1, 0.15) is 33.3 Å². The molecule has 1 amide bonds. The number of halogens is 2. The first-order valence-electron chi connectivity index (χ1n) is 10.0. The average Bonchev–Trinajstić information content (AvgIpc) is 2.67. The van der Waals surface area contributed by atoms with Crippen molar-refractivity contribution in [1.82, 2.24) is 0 Å². The molecule has 2 aromatic rings. The first kappa shape index (κ1) is 26.3. The number of amides is 1. The summed E-state index contributed by atoms with van der Waals surface area (Å²) in [5.74, 6) is -0.306. The zero-order chi connectivity index (χ0) is 24.1. The van der Waals surface area contributed by atoms with Gasteiger partial charge in [0.1, 0.15) is 16.7 Å². The van der Waals surface area contributed by atoms with E-state index in [4.69, 9.17) is 9.47 Å². The molecule has 0 aromatic heterocycles. The Balaban J connectivity index is 2.35. The number of nitrogens with one attached hydrogen (secondary N) is 2. The number of carbonyl (C=O) groups is 1. The van der Waals surface area contributed by atoms with Crippen molar-refractivity contribution < 1.29 is 27.1 Å². The van der Waals surface area contributed by atoms with E-state index in [0.29, 0.717) is 11.3 Å². The number of carbonyl (C=O) groups excluding carboxylic acids is 1. The van der Waals surface area contributed by atoms with Crippen LogP contribution in [0.4, 0.5) is 15.8 Å². The minimum absolute atomic E-state index is 0.0419. The van der Waals surface area contributed by atoms with E-state index in [1.54, 1.807) is 41.6 Å². The Morgan fingerprint density at radius 3 is 2.44 bits per heavy atom. The lowest BCUT2D eigenvalue weighted by Gasteiger charge is -2.19. The summed E-state index contributed by atoms with van der Waals surface area (Å²) in [6.45, 7) is 7.05. The number of methoxy groups -OCH3 is 1. The fourth-order valence-corrected chi connectivity index (χ4v) is 4.55. The summed E-state index contributed by atoms with van der Waals surface area (Å²) in [7, 11) is -2.59. The molecule has 0 spiro atoms. The number of hydrogen-bond acceptors (Lipinski definition) is 5. The van der Waals surface area contributed by atoms with Crippen LogP contribution in [-0.2, 0) is 23.2 Å². The molecule has 2 aromatic carbocycles. The first-order chi connectivity index (χ1) is 14.9. The number of sulfonamides is 1. The summed E-state index contributed by atoms with van der Waals surface area (Å²) in [6, 6.07) is 10.4. The summed E-state index contributed by atoms with van der Waals surface area (Å²) in [5, 5.41) is 2.72. The van der Waals surface area contributed by atoms with E-state index in [1.165, 1.54) is 44.4 Å². The molecule has 0 aliphatic carbocycles. The van der Waals surface area contributed by atoms with Crippen LogP contribution >= 0.6 is 22.6 Å².